The zero-order chi connectivity index (χ0) is 14.9. The molecule has 0 unspecified atom stereocenters. The van der Waals surface area contributed by atoms with E-state index in [0.717, 1.165) is 12.1 Å². The predicted molar refractivity (Wildman–Crippen MR) is 77.8 cm³/mol. The highest BCUT2D eigenvalue weighted by atomic mass is 35.5. The molecule has 106 valence electrons. The van der Waals surface area contributed by atoms with Crippen molar-refractivity contribution in [1.82, 2.24) is 0 Å². The Morgan fingerprint density at radius 2 is 1.95 bits per heavy atom. The van der Waals surface area contributed by atoms with Crippen LogP contribution in [0.3, 0.4) is 0 Å². The topological polar surface area (TPSA) is 72.2 Å². The first-order valence-electron chi connectivity index (χ1n) is 5.64. The van der Waals surface area contributed by atoms with Gasteiger partial charge in [-0.25, -0.2) is 12.8 Å². The minimum absolute atomic E-state index is 0.126. The van der Waals surface area contributed by atoms with Crippen molar-refractivity contribution < 1.29 is 12.8 Å². The van der Waals surface area contributed by atoms with Crippen molar-refractivity contribution in [3.8, 4) is 0 Å². The predicted octanol–water partition coefficient (Wildman–Crippen LogP) is 3.17. The lowest BCUT2D eigenvalue weighted by molar-refractivity contribution is 0.570. The van der Waals surface area contributed by atoms with Crippen LogP contribution in [0.15, 0.2) is 41.3 Å². The minimum atomic E-state index is -4.04. The quantitative estimate of drug-likeness (QED) is 0.855. The molecule has 0 saturated carbocycles. The van der Waals surface area contributed by atoms with Crippen molar-refractivity contribution in [2.24, 2.45) is 0 Å². The lowest BCUT2D eigenvalue weighted by Crippen LogP contribution is -2.15. The van der Waals surface area contributed by atoms with Crippen LogP contribution in [0.1, 0.15) is 5.56 Å². The van der Waals surface area contributed by atoms with Crippen molar-refractivity contribution in [3.63, 3.8) is 0 Å². The molecule has 0 radical (unpaired) electrons. The molecule has 0 aliphatic carbocycles. The Morgan fingerprint density at radius 1 is 1.25 bits per heavy atom. The van der Waals surface area contributed by atoms with Gasteiger partial charge in [0.2, 0.25) is 0 Å². The van der Waals surface area contributed by atoms with Crippen LogP contribution in [-0.2, 0) is 10.0 Å². The fourth-order valence-electron chi connectivity index (χ4n) is 1.66. The number of benzene rings is 2. The number of halogens is 2. The lowest BCUT2D eigenvalue weighted by Gasteiger charge is -2.12. The highest BCUT2D eigenvalue weighted by molar-refractivity contribution is 7.92. The van der Waals surface area contributed by atoms with E-state index in [0.29, 0.717) is 16.9 Å². The second kappa shape index (κ2) is 5.30. The maximum atomic E-state index is 13.7. The molecule has 4 nitrogen and oxygen atoms in total. The average molecular weight is 315 g/mol. The SMILES string of the molecule is Cc1c(N)cccc1NS(=O)(=O)c1ccc(Cl)cc1F. The van der Waals surface area contributed by atoms with E-state index in [1.165, 1.54) is 6.07 Å². The van der Waals surface area contributed by atoms with E-state index in [1.807, 2.05) is 0 Å². The Bertz CT molecular complexity index is 763. The summed E-state index contributed by atoms with van der Waals surface area (Å²) in [5.41, 5.74) is 7.03. The van der Waals surface area contributed by atoms with Crippen molar-refractivity contribution in [2.45, 2.75) is 11.8 Å². The Labute approximate surface area is 121 Å². The van der Waals surface area contributed by atoms with Gasteiger partial charge in [-0.15, -0.1) is 0 Å². The highest BCUT2D eigenvalue weighted by Crippen LogP contribution is 2.25. The second-order valence-corrected chi connectivity index (χ2v) is 6.29. The Balaban J connectivity index is 2.44. The molecule has 0 atom stereocenters. The van der Waals surface area contributed by atoms with E-state index in [4.69, 9.17) is 17.3 Å². The van der Waals surface area contributed by atoms with Crippen LogP contribution >= 0.6 is 11.6 Å². The van der Waals surface area contributed by atoms with Crippen molar-refractivity contribution in [2.75, 3.05) is 10.5 Å². The number of sulfonamides is 1. The summed E-state index contributed by atoms with van der Waals surface area (Å²) in [5.74, 6) is -0.911. The summed E-state index contributed by atoms with van der Waals surface area (Å²) >= 11 is 5.60. The molecule has 0 aromatic heterocycles. The van der Waals surface area contributed by atoms with Gasteiger partial charge in [0.25, 0.3) is 10.0 Å². The van der Waals surface area contributed by atoms with Crippen molar-refractivity contribution in [1.29, 1.82) is 0 Å². The third-order valence-electron chi connectivity index (χ3n) is 2.80. The monoisotopic (exact) mass is 314 g/mol. The molecule has 2 rings (SSSR count). The number of nitrogen functional groups attached to an aromatic ring is 1. The van der Waals surface area contributed by atoms with Crippen LogP contribution in [0.25, 0.3) is 0 Å². The van der Waals surface area contributed by atoms with E-state index < -0.39 is 20.7 Å². The van der Waals surface area contributed by atoms with Crippen molar-refractivity contribution >= 4 is 33.0 Å². The molecule has 0 aliphatic rings. The number of hydrogen-bond acceptors (Lipinski definition) is 3. The zero-order valence-corrected chi connectivity index (χ0v) is 12.1. The van der Waals surface area contributed by atoms with Crippen molar-refractivity contribution in [3.05, 3.63) is 52.8 Å². The molecule has 2 aromatic carbocycles. The largest absolute Gasteiger partial charge is 0.398 e. The van der Waals surface area contributed by atoms with Crippen LogP contribution in [0, 0.1) is 12.7 Å². The van der Waals surface area contributed by atoms with Gasteiger partial charge in [0.1, 0.15) is 10.7 Å². The molecule has 0 heterocycles. The van der Waals surface area contributed by atoms with Crippen LogP contribution in [0.4, 0.5) is 15.8 Å². The summed E-state index contributed by atoms with van der Waals surface area (Å²) in [6, 6.07) is 8.18. The summed E-state index contributed by atoms with van der Waals surface area (Å²) in [5, 5.41) is 0.126. The maximum Gasteiger partial charge on any atom is 0.264 e. The lowest BCUT2D eigenvalue weighted by atomic mass is 10.2. The van der Waals surface area contributed by atoms with E-state index >= 15 is 0 Å². The Morgan fingerprint density at radius 3 is 2.60 bits per heavy atom. The van der Waals surface area contributed by atoms with Gasteiger partial charge in [-0.05, 0) is 42.8 Å². The molecule has 0 aliphatic heterocycles. The van der Waals surface area contributed by atoms with Gasteiger partial charge in [0.15, 0.2) is 0 Å². The Kier molecular flexibility index (Phi) is 3.87. The molecule has 0 saturated heterocycles. The van der Waals surface area contributed by atoms with E-state index in [1.54, 1.807) is 25.1 Å². The normalized spacial score (nSPS) is 11.3. The van der Waals surface area contributed by atoms with Crippen LogP contribution in [-0.4, -0.2) is 8.42 Å². The molecule has 0 spiro atoms. The molecule has 0 fully saturated rings. The molecular formula is C13H12ClFN2O2S. The summed E-state index contributed by atoms with van der Waals surface area (Å²) in [4.78, 5) is -0.469. The van der Waals surface area contributed by atoms with Crippen LogP contribution < -0.4 is 10.5 Å². The fraction of sp³-hybridized carbons (Fsp3) is 0.0769. The molecule has 2 aromatic rings. The standard InChI is InChI=1S/C13H12ClFN2O2S/c1-8-11(16)3-2-4-12(8)17-20(18,19)13-6-5-9(14)7-10(13)15/h2-7,17H,16H2,1H3. The first-order valence-corrected chi connectivity index (χ1v) is 7.50. The van der Waals surface area contributed by atoms with Gasteiger partial charge in [0, 0.05) is 10.7 Å². The van der Waals surface area contributed by atoms with Gasteiger partial charge in [0.05, 0.1) is 5.69 Å². The Hall–Kier alpha value is -1.79. The van der Waals surface area contributed by atoms with Crippen LogP contribution in [0.2, 0.25) is 5.02 Å². The first-order chi connectivity index (χ1) is 9.31. The number of hydrogen-bond donors (Lipinski definition) is 2. The summed E-state index contributed by atoms with van der Waals surface area (Å²) in [7, 11) is -4.04. The van der Waals surface area contributed by atoms with E-state index in [2.05, 4.69) is 4.72 Å². The van der Waals surface area contributed by atoms with Crippen LogP contribution in [0.5, 0.6) is 0 Å². The number of rotatable bonds is 3. The maximum absolute atomic E-state index is 13.7. The molecular weight excluding hydrogens is 303 g/mol. The van der Waals surface area contributed by atoms with Gasteiger partial charge >= 0.3 is 0 Å². The third kappa shape index (κ3) is 2.86. The molecule has 3 N–H and O–H groups in total. The first kappa shape index (κ1) is 14.6. The molecule has 0 amide bonds. The number of nitrogens with one attached hydrogen (secondary N) is 1. The molecule has 0 bridgehead atoms. The van der Waals surface area contributed by atoms with Gasteiger partial charge in [-0.1, -0.05) is 17.7 Å². The van der Waals surface area contributed by atoms with E-state index in [9.17, 15) is 12.8 Å². The number of anilines is 2. The zero-order valence-electron chi connectivity index (χ0n) is 10.5. The molecule has 20 heavy (non-hydrogen) atoms. The van der Waals surface area contributed by atoms with Gasteiger partial charge in [-0.3, -0.25) is 4.72 Å². The summed E-state index contributed by atoms with van der Waals surface area (Å²) in [6.07, 6.45) is 0. The minimum Gasteiger partial charge on any atom is -0.398 e. The fourth-order valence-corrected chi connectivity index (χ4v) is 3.00. The van der Waals surface area contributed by atoms with Gasteiger partial charge in [-0.2, -0.15) is 0 Å². The molecule has 7 heteroatoms. The van der Waals surface area contributed by atoms with Gasteiger partial charge < -0.3 is 5.73 Å². The third-order valence-corrected chi connectivity index (χ3v) is 4.44. The van der Waals surface area contributed by atoms with E-state index in [-0.39, 0.29) is 5.02 Å². The second-order valence-electron chi connectivity index (χ2n) is 4.20. The summed E-state index contributed by atoms with van der Waals surface area (Å²) < 4.78 is 40.3. The average Bonchev–Trinajstić information content (AvgIpc) is 2.34. The summed E-state index contributed by atoms with van der Waals surface area (Å²) in [6.45, 7) is 1.67. The highest BCUT2D eigenvalue weighted by Gasteiger charge is 2.20. The smallest absolute Gasteiger partial charge is 0.264 e. The number of nitrogens with two attached hydrogens (primary N) is 1.